The number of rotatable bonds is 4. The molecule has 1 saturated heterocycles. The highest BCUT2D eigenvalue weighted by Gasteiger charge is 2.24. The third-order valence-corrected chi connectivity index (χ3v) is 4.87. The van der Waals surface area contributed by atoms with Crippen LogP contribution in [0.5, 0.6) is 0 Å². The predicted molar refractivity (Wildman–Crippen MR) is 102 cm³/mol. The van der Waals surface area contributed by atoms with Crippen LogP contribution in [0.2, 0.25) is 5.02 Å². The Bertz CT molecular complexity index is 759. The fourth-order valence-corrected chi connectivity index (χ4v) is 3.16. The molecule has 136 valence electrons. The maximum Gasteiger partial charge on any atom is 0.317 e. The molecule has 0 atom stereocenters. The molecule has 1 aliphatic rings. The van der Waals surface area contributed by atoms with Crippen molar-refractivity contribution in [1.82, 2.24) is 15.1 Å². The summed E-state index contributed by atoms with van der Waals surface area (Å²) in [5.41, 5.74) is 1.90. The van der Waals surface area contributed by atoms with Crippen LogP contribution in [-0.2, 0) is 17.8 Å². The van der Waals surface area contributed by atoms with Crippen molar-refractivity contribution < 1.29 is 9.59 Å². The molecule has 0 aliphatic carbocycles. The highest BCUT2D eigenvalue weighted by molar-refractivity contribution is 6.31. The quantitative estimate of drug-likeness (QED) is 0.898. The molecule has 3 rings (SSSR count). The van der Waals surface area contributed by atoms with Crippen LogP contribution in [0.25, 0.3) is 0 Å². The first-order chi connectivity index (χ1) is 12.6. The lowest BCUT2D eigenvalue weighted by atomic mass is 10.1. The van der Waals surface area contributed by atoms with Crippen LogP contribution in [0.15, 0.2) is 54.6 Å². The lowest BCUT2D eigenvalue weighted by molar-refractivity contribution is -0.131. The topological polar surface area (TPSA) is 52.7 Å². The number of piperazine rings is 1. The van der Waals surface area contributed by atoms with E-state index in [2.05, 4.69) is 5.32 Å². The molecule has 0 radical (unpaired) electrons. The largest absolute Gasteiger partial charge is 0.339 e. The molecule has 0 saturated carbocycles. The zero-order chi connectivity index (χ0) is 18.4. The molecule has 5 nitrogen and oxygen atoms in total. The second-order valence-corrected chi connectivity index (χ2v) is 6.69. The molecular formula is C20H22ClN3O2. The Morgan fingerprint density at radius 1 is 0.885 bits per heavy atom. The van der Waals surface area contributed by atoms with Crippen molar-refractivity contribution >= 4 is 23.5 Å². The monoisotopic (exact) mass is 371 g/mol. The van der Waals surface area contributed by atoms with Crippen molar-refractivity contribution in [1.29, 1.82) is 0 Å². The lowest BCUT2D eigenvalue weighted by Gasteiger charge is -2.34. The Hall–Kier alpha value is -2.53. The van der Waals surface area contributed by atoms with Crippen LogP contribution < -0.4 is 5.32 Å². The Kier molecular flexibility index (Phi) is 6.12. The average Bonchev–Trinajstić information content (AvgIpc) is 2.69. The molecule has 1 heterocycles. The molecule has 3 amide bonds. The fraction of sp³-hybridized carbons (Fsp3) is 0.300. The first-order valence-electron chi connectivity index (χ1n) is 8.71. The van der Waals surface area contributed by atoms with Gasteiger partial charge in [0.05, 0.1) is 6.42 Å². The van der Waals surface area contributed by atoms with E-state index in [0.717, 1.165) is 11.1 Å². The number of halogens is 1. The Balaban J connectivity index is 1.45. The van der Waals surface area contributed by atoms with Gasteiger partial charge in [0.25, 0.3) is 0 Å². The first kappa shape index (κ1) is 18.3. The summed E-state index contributed by atoms with van der Waals surface area (Å²) in [7, 11) is 0. The maximum absolute atomic E-state index is 12.5. The number of amides is 3. The van der Waals surface area contributed by atoms with Gasteiger partial charge in [0.1, 0.15) is 0 Å². The SMILES string of the molecule is O=C(Cc1ccccc1Cl)N1CCN(C(=O)NCc2ccccc2)CC1. The minimum Gasteiger partial charge on any atom is -0.339 e. The number of urea groups is 1. The van der Waals surface area contributed by atoms with Crippen molar-refractivity contribution in [3.05, 3.63) is 70.7 Å². The van der Waals surface area contributed by atoms with Gasteiger partial charge in [-0.05, 0) is 17.2 Å². The molecule has 2 aromatic carbocycles. The molecule has 26 heavy (non-hydrogen) atoms. The molecule has 0 spiro atoms. The van der Waals surface area contributed by atoms with Crippen LogP contribution in [0, 0.1) is 0 Å². The van der Waals surface area contributed by atoms with E-state index in [-0.39, 0.29) is 11.9 Å². The average molecular weight is 372 g/mol. The van der Waals surface area contributed by atoms with E-state index in [4.69, 9.17) is 11.6 Å². The van der Waals surface area contributed by atoms with Crippen molar-refractivity contribution in [2.24, 2.45) is 0 Å². The van der Waals surface area contributed by atoms with Gasteiger partial charge in [0.2, 0.25) is 5.91 Å². The van der Waals surface area contributed by atoms with Crippen LogP contribution in [0.1, 0.15) is 11.1 Å². The molecular weight excluding hydrogens is 350 g/mol. The van der Waals surface area contributed by atoms with Gasteiger partial charge in [-0.1, -0.05) is 60.1 Å². The van der Waals surface area contributed by atoms with E-state index in [0.29, 0.717) is 44.2 Å². The number of benzene rings is 2. The summed E-state index contributed by atoms with van der Waals surface area (Å²) >= 11 is 6.13. The highest BCUT2D eigenvalue weighted by Crippen LogP contribution is 2.16. The molecule has 0 aromatic heterocycles. The molecule has 2 aromatic rings. The minimum atomic E-state index is -0.0907. The molecule has 6 heteroatoms. The van der Waals surface area contributed by atoms with Crippen molar-refractivity contribution in [2.75, 3.05) is 26.2 Å². The van der Waals surface area contributed by atoms with E-state index in [9.17, 15) is 9.59 Å². The zero-order valence-electron chi connectivity index (χ0n) is 14.5. The number of nitrogens with zero attached hydrogens (tertiary/aromatic N) is 2. The van der Waals surface area contributed by atoms with E-state index in [1.165, 1.54) is 0 Å². The van der Waals surface area contributed by atoms with Crippen LogP contribution in [-0.4, -0.2) is 47.9 Å². The van der Waals surface area contributed by atoms with E-state index in [1.54, 1.807) is 15.9 Å². The van der Waals surface area contributed by atoms with Gasteiger partial charge in [-0.3, -0.25) is 4.79 Å². The van der Waals surface area contributed by atoms with Gasteiger partial charge in [0.15, 0.2) is 0 Å². The van der Waals surface area contributed by atoms with E-state index >= 15 is 0 Å². The third-order valence-electron chi connectivity index (χ3n) is 4.51. The van der Waals surface area contributed by atoms with Crippen molar-refractivity contribution in [3.8, 4) is 0 Å². The Morgan fingerprint density at radius 3 is 2.19 bits per heavy atom. The molecule has 1 N–H and O–H groups in total. The number of carbonyl (C=O) groups excluding carboxylic acids is 2. The van der Waals surface area contributed by atoms with Gasteiger partial charge in [-0.15, -0.1) is 0 Å². The van der Waals surface area contributed by atoms with Gasteiger partial charge in [-0.2, -0.15) is 0 Å². The van der Waals surface area contributed by atoms with E-state index < -0.39 is 0 Å². The van der Waals surface area contributed by atoms with Crippen LogP contribution in [0.4, 0.5) is 4.79 Å². The van der Waals surface area contributed by atoms with Crippen LogP contribution in [0.3, 0.4) is 0 Å². The summed E-state index contributed by atoms with van der Waals surface area (Å²) in [6.45, 7) is 2.67. The van der Waals surface area contributed by atoms with Gasteiger partial charge < -0.3 is 15.1 Å². The Morgan fingerprint density at radius 2 is 1.50 bits per heavy atom. The van der Waals surface area contributed by atoms with Crippen molar-refractivity contribution in [2.45, 2.75) is 13.0 Å². The number of carbonyl (C=O) groups is 2. The third kappa shape index (κ3) is 4.76. The normalized spacial score (nSPS) is 14.2. The molecule has 0 bridgehead atoms. The highest BCUT2D eigenvalue weighted by atomic mass is 35.5. The predicted octanol–water partition coefficient (Wildman–Crippen LogP) is 2.94. The second kappa shape index (κ2) is 8.72. The molecule has 0 unspecified atom stereocenters. The summed E-state index contributed by atoms with van der Waals surface area (Å²) in [6.07, 6.45) is 0.292. The standard InChI is InChI=1S/C20H22ClN3O2/c21-18-9-5-4-8-17(18)14-19(25)23-10-12-24(13-11-23)20(26)22-15-16-6-2-1-3-7-16/h1-9H,10-15H2,(H,22,26). The van der Waals surface area contributed by atoms with Crippen LogP contribution >= 0.6 is 11.6 Å². The second-order valence-electron chi connectivity index (χ2n) is 6.28. The van der Waals surface area contributed by atoms with Gasteiger partial charge in [-0.25, -0.2) is 4.79 Å². The molecule has 1 aliphatic heterocycles. The van der Waals surface area contributed by atoms with E-state index in [1.807, 2.05) is 48.5 Å². The smallest absolute Gasteiger partial charge is 0.317 e. The van der Waals surface area contributed by atoms with Gasteiger partial charge >= 0.3 is 6.03 Å². The van der Waals surface area contributed by atoms with Gasteiger partial charge in [0, 0.05) is 37.7 Å². The molecule has 1 fully saturated rings. The summed E-state index contributed by atoms with van der Waals surface area (Å²) in [4.78, 5) is 28.3. The summed E-state index contributed by atoms with van der Waals surface area (Å²) < 4.78 is 0. The maximum atomic E-state index is 12.5. The Labute approximate surface area is 158 Å². The summed E-state index contributed by atoms with van der Waals surface area (Å²) in [6, 6.07) is 17.1. The number of hydrogen-bond donors (Lipinski definition) is 1. The zero-order valence-corrected chi connectivity index (χ0v) is 15.3. The van der Waals surface area contributed by atoms with Crippen molar-refractivity contribution in [3.63, 3.8) is 0 Å². The number of nitrogens with one attached hydrogen (secondary N) is 1. The lowest BCUT2D eigenvalue weighted by Crippen LogP contribution is -2.53. The summed E-state index contributed by atoms with van der Waals surface area (Å²) in [5, 5.41) is 3.54. The number of hydrogen-bond acceptors (Lipinski definition) is 2. The summed E-state index contributed by atoms with van der Waals surface area (Å²) in [5.74, 6) is 0.0439. The fourth-order valence-electron chi connectivity index (χ4n) is 2.96. The first-order valence-corrected chi connectivity index (χ1v) is 9.09. The minimum absolute atomic E-state index is 0.0439.